The Morgan fingerprint density at radius 3 is 2.33 bits per heavy atom. The summed E-state index contributed by atoms with van der Waals surface area (Å²) in [7, 11) is 1.39. The van der Waals surface area contributed by atoms with Gasteiger partial charge in [0.15, 0.2) is 0 Å². The van der Waals surface area contributed by atoms with Gasteiger partial charge in [-0.2, -0.15) is 0 Å². The number of methoxy groups -OCH3 is 1. The third kappa shape index (κ3) is 2.20. The molecule has 2 rings (SSSR count). The minimum atomic E-state index is -0.912. The summed E-state index contributed by atoms with van der Waals surface area (Å²) in [6, 6.07) is 7.68. The first-order valence-corrected chi connectivity index (χ1v) is 5.13. The number of hydrogen-bond donors (Lipinski definition) is 0. The predicted molar refractivity (Wildman–Crippen MR) is 60.6 cm³/mol. The average Bonchev–Trinajstić information content (AvgIpc) is 2.38. The van der Waals surface area contributed by atoms with Crippen LogP contribution >= 0.6 is 0 Å². The fourth-order valence-electron chi connectivity index (χ4n) is 1.50. The molecule has 5 heteroatoms. The van der Waals surface area contributed by atoms with E-state index in [-0.39, 0.29) is 11.6 Å². The van der Waals surface area contributed by atoms with E-state index < -0.39 is 23.0 Å². The van der Waals surface area contributed by atoms with Gasteiger partial charge in [-0.25, -0.2) is 13.8 Å². The molecular weight excluding hydrogens is 240 g/mol. The Balaban J connectivity index is 2.48. The largest absolute Gasteiger partial charge is 0.481 e. The Bertz CT molecular complexity index is 579. The highest BCUT2D eigenvalue weighted by Crippen LogP contribution is 2.17. The number of carbonyl (C=O) groups excluding carboxylic acids is 1. The van der Waals surface area contributed by atoms with Gasteiger partial charge in [0, 0.05) is 6.07 Å². The highest BCUT2D eigenvalue weighted by atomic mass is 19.1. The second kappa shape index (κ2) is 4.91. The molecule has 0 fully saturated rings. The van der Waals surface area contributed by atoms with Crippen molar-refractivity contribution in [1.29, 1.82) is 0 Å². The third-order valence-electron chi connectivity index (χ3n) is 2.36. The van der Waals surface area contributed by atoms with Crippen molar-refractivity contribution < 1.29 is 18.3 Å². The van der Waals surface area contributed by atoms with Crippen LogP contribution in [0.25, 0.3) is 0 Å². The van der Waals surface area contributed by atoms with Gasteiger partial charge < -0.3 is 4.74 Å². The van der Waals surface area contributed by atoms with Crippen LogP contribution in [0, 0.1) is 11.6 Å². The molecule has 1 aromatic carbocycles. The SMILES string of the molecule is COc1cccc(C(=O)c2c(F)cccc2F)n1. The summed E-state index contributed by atoms with van der Waals surface area (Å²) in [5.74, 6) is -2.43. The van der Waals surface area contributed by atoms with Crippen LogP contribution in [0.1, 0.15) is 16.1 Å². The Kier molecular flexibility index (Phi) is 3.32. The number of halogens is 2. The van der Waals surface area contributed by atoms with E-state index >= 15 is 0 Å². The third-order valence-corrected chi connectivity index (χ3v) is 2.36. The van der Waals surface area contributed by atoms with E-state index in [0.717, 1.165) is 12.1 Å². The average molecular weight is 249 g/mol. The minimum Gasteiger partial charge on any atom is -0.481 e. The molecule has 0 aliphatic rings. The van der Waals surface area contributed by atoms with Crippen molar-refractivity contribution in [2.45, 2.75) is 0 Å². The summed E-state index contributed by atoms with van der Waals surface area (Å²) in [4.78, 5) is 15.8. The molecular formula is C13H9F2NO2. The van der Waals surface area contributed by atoms with Crippen molar-refractivity contribution >= 4 is 5.78 Å². The van der Waals surface area contributed by atoms with Crippen molar-refractivity contribution in [3.63, 3.8) is 0 Å². The van der Waals surface area contributed by atoms with Crippen LogP contribution in [-0.4, -0.2) is 17.9 Å². The number of hydrogen-bond acceptors (Lipinski definition) is 3. The van der Waals surface area contributed by atoms with Gasteiger partial charge in [-0.1, -0.05) is 12.1 Å². The van der Waals surface area contributed by atoms with Gasteiger partial charge in [-0.15, -0.1) is 0 Å². The molecule has 3 nitrogen and oxygen atoms in total. The number of pyridine rings is 1. The molecule has 0 radical (unpaired) electrons. The Labute approximate surface area is 102 Å². The molecule has 18 heavy (non-hydrogen) atoms. The number of aromatic nitrogens is 1. The van der Waals surface area contributed by atoms with E-state index in [1.54, 1.807) is 0 Å². The lowest BCUT2D eigenvalue weighted by molar-refractivity contribution is 0.102. The molecule has 0 aliphatic carbocycles. The monoisotopic (exact) mass is 249 g/mol. The first kappa shape index (κ1) is 12.2. The number of carbonyl (C=O) groups is 1. The summed E-state index contributed by atoms with van der Waals surface area (Å²) in [5, 5.41) is 0. The van der Waals surface area contributed by atoms with Crippen LogP contribution in [0.4, 0.5) is 8.78 Å². The predicted octanol–water partition coefficient (Wildman–Crippen LogP) is 2.60. The van der Waals surface area contributed by atoms with Crippen molar-refractivity contribution in [1.82, 2.24) is 4.98 Å². The van der Waals surface area contributed by atoms with E-state index in [9.17, 15) is 13.6 Å². The maximum absolute atomic E-state index is 13.4. The normalized spacial score (nSPS) is 10.2. The summed E-state index contributed by atoms with van der Waals surface area (Å²) in [6.45, 7) is 0. The van der Waals surface area contributed by atoms with Gasteiger partial charge >= 0.3 is 0 Å². The van der Waals surface area contributed by atoms with Crippen LogP contribution in [0.5, 0.6) is 5.88 Å². The van der Waals surface area contributed by atoms with Crippen molar-refractivity contribution in [2.24, 2.45) is 0 Å². The minimum absolute atomic E-state index is 0.0710. The van der Waals surface area contributed by atoms with Gasteiger partial charge in [0.1, 0.15) is 17.3 Å². The molecule has 0 aliphatic heterocycles. The van der Waals surface area contributed by atoms with Crippen LogP contribution < -0.4 is 4.74 Å². The van der Waals surface area contributed by atoms with E-state index in [1.807, 2.05) is 0 Å². The Morgan fingerprint density at radius 2 is 1.72 bits per heavy atom. The number of rotatable bonds is 3. The maximum Gasteiger partial charge on any atom is 0.217 e. The second-order valence-electron chi connectivity index (χ2n) is 3.49. The van der Waals surface area contributed by atoms with E-state index in [0.29, 0.717) is 0 Å². The summed E-state index contributed by atoms with van der Waals surface area (Å²) < 4.78 is 31.7. The number of ketones is 1. The van der Waals surface area contributed by atoms with Crippen LogP contribution in [-0.2, 0) is 0 Å². The molecule has 1 heterocycles. The molecule has 0 unspecified atom stereocenters. The molecule has 92 valence electrons. The van der Waals surface area contributed by atoms with Gasteiger partial charge in [0.05, 0.1) is 12.7 Å². The molecule has 0 spiro atoms. The molecule has 0 atom stereocenters. The summed E-state index contributed by atoms with van der Waals surface area (Å²) in [6.07, 6.45) is 0. The Hall–Kier alpha value is -2.30. The lowest BCUT2D eigenvalue weighted by Gasteiger charge is -2.04. The molecule has 0 bridgehead atoms. The van der Waals surface area contributed by atoms with Crippen LogP contribution in [0.15, 0.2) is 36.4 Å². The zero-order valence-corrected chi connectivity index (χ0v) is 9.48. The zero-order valence-electron chi connectivity index (χ0n) is 9.48. The van der Waals surface area contributed by atoms with E-state index in [2.05, 4.69) is 4.98 Å². The first-order valence-electron chi connectivity index (χ1n) is 5.13. The maximum atomic E-state index is 13.4. The van der Waals surface area contributed by atoms with E-state index in [1.165, 1.54) is 31.4 Å². The van der Waals surface area contributed by atoms with Gasteiger partial charge in [-0.05, 0) is 18.2 Å². The molecule has 1 aromatic heterocycles. The first-order chi connectivity index (χ1) is 8.63. The summed E-state index contributed by atoms with van der Waals surface area (Å²) >= 11 is 0. The fraction of sp³-hybridized carbons (Fsp3) is 0.0769. The van der Waals surface area contributed by atoms with Gasteiger partial charge in [0.25, 0.3) is 0 Å². The van der Waals surface area contributed by atoms with Crippen LogP contribution in [0.2, 0.25) is 0 Å². The molecule has 0 N–H and O–H groups in total. The number of benzene rings is 1. The van der Waals surface area contributed by atoms with Crippen molar-refractivity contribution in [2.75, 3.05) is 7.11 Å². The Morgan fingerprint density at radius 1 is 1.11 bits per heavy atom. The molecule has 2 aromatic rings. The molecule has 0 amide bonds. The van der Waals surface area contributed by atoms with Crippen LogP contribution in [0.3, 0.4) is 0 Å². The highest BCUT2D eigenvalue weighted by Gasteiger charge is 2.20. The smallest absolute Gasteiger partial charge is 0.217 e. The van der Waals surface area contributed by atoms with Crippen molar-refractivity contribution in [3.8, 4) is 5.88 Å². The molecule has 0 saturated carbocycles. The number of ether oxygens (including phenoxy) is 1. The fourth-order valence-corrected chi connectivity index (χ4v) is 1.50. The van der Waals surface area contributed by atoms with E-state index in [4.69, 9.17) is 4.74 Å². The lowest BCUT2D eigenvalue weighted by Crippen LogP contribution is -2.09. The standard InChI is InChI=1S/C13H9F2NO2/c1-18-11-7-3-6-10(16-11)13(17)12-8(14)4-2-5-9(12)15/h2-7H,1H3. The topological polar surface area (TPSA) is 39.2 Å². The van der Waals surface area contributed by atoms with Gasteiger partial charge in [-0.3, -0.25) is 4.79 Å². The zero-order chi connectivity index (χ0) is 13.1. The highest BCUT2D eigenvalue weighted by molar-refractivity contribution is 6.08. The lowest BCUT2D eigenvalue weighted by atomic mass is 10.1. The van der Waals surface area contributed by atoms with Crippen molar-refractivity contribution in [3.05, 3.63) is 59.3 Å². The van der Waals surface area contributed by atoms with Gasteiger partial charge in [0.2, 0.25) is 11.7 Å². The molecule has 0 saturated heterocycles. The quantitative estimate of drug-likeness (QED) is 0.785. The summed E-state index contributed by atoms with van der Waals surface area (Å²) in [5.41, 5.74) is -0.684. The second-order valence-corrected chi connectivity index (χ2v) is 3.49. The number of nitrogens with zero attached hydrogens (tertiary/aromatic N) is 1.